The van der Waals surface area contributed by atoms with Gasteiger partial charge in [0.2, 0.25) is 5.91 Å². The van der Waals surface area contributed by atoms with E-state index in [1.807, 2.05) is 80.9 Å². The van der Waals surface area contributed by atoms with E-state index in [1.54, 1.807) is 0 Å². The molecule has 0 saturated heterocycles. The van der Waals surface area contributed by atoms with Gasteiger partial charge in [-0.25, -0.2) is 0 Å². The number of carbonyl (C=O) groups excluding carboxylic acids is 1. The molecule has 0 spiro atoms. The smallest absolute Gasteiger partial charge is 0.234 e. The third-order valence-corrected chi connectivity index (χ3v) is 5.69. The standard InChI is InChI=1S/C21H25N5OS/c1-14-8-6-11-18(15(14)2)22-19(27)13-28-21-24-23-20(26(21)5)16-9-7-10-17(12-16)25(3)4/h6-12H,13H2,1-5H3,(H,22,27). The van der Waals surface area contributed by atoms with Gasteiger partial charge in [-0.1, -0.05) is 36.0 Å². The van der Waals surface area contributed by atoms with Gasteiger partial charge in [0, 0.05) is 38.1 Å². The number of hydrogen-bond acceptors (Lipinski definition) is 5. The van der Waals surface area contributed by atoms with E-state index in [9.17, 15) is 4.79 Å². The average Bonchev–Trinajstić information content (AvgIpc) is 3.04. The van der Waals surface area contributed by atoms with Crippen molar-refractivity contribution in [2.24, 2.45) is 7.05 Å². The van der Waals surface area contributed by atoms with Crippen LogP contribution in [0.5, 0.6) is 0 Å². The van der Waals surface area contributed by atoms with Gasteiger partial charge in [-0.15, -0.1) is 10.2 Å². The molecule has 2 aromatic carbocycles. The van der Waals surface area contributed by atoms with E-state index in [1.165, 1.54) is 11.8 Å². The lowest BCUT2D eigenvalue weighted by Gasteiger charge is -2.13. The van der Waals surface area contributed by atoms with Crippen molar-refractivity contribution in [1.82, 2.24) is 14.8 Å². The van der Waals surface area contributed by atoms with Crippen LogP contribution in [-0.2, 0) is 11.8 Å². The average molecular weight is 396 g/mol. The minimum atomic E-state index is -0.0575. The molecule has 0 aliphatic rings. The van der Waals surface area contributed by atoms with Gasteiger partial charge in [-0.2, -0.15) is 0 Å². The summed E-state index contributed by atoms with van der Waals surface area (Å²) in [5.41, 5.74) is 5.19. The molecule has 0 saturated carbocycles. The van der Waals surface area contributed by atoms with Crippen LogP contribution >= 0.6 is 11.8 Å². The van der Waals surface area contributed by atoms with Crippen molar-refractivity contribution < 1.29 is 4.79 Å². The van der Waals surface area contributed by atoms with Gasteiger partial charge in [0.25, 0.3) is 0 Å². The topological polar surface area (TPSA) is 63.1 Å². The number of nitrogens with one attached hydrogen (secondary N) is 1. The summed E-state index contributed by atoms with van der Waals surface area (Å²) < 4.78 is 1.92. The number of nitrogens with zero attached hydrogens (tertiary/aromatic N) is 4. The van der Waals surface area contributed by atoms with Crippen molar-refractivity contribution in [3.05, 3.63) is 53.6 Å². The molecule has 1 aromatic heterocycles. The molecule has 7 heteroatoms. The second-order valence-corrected chi connectivity index (χ2v) is 7.84. The van der Waals surface area contributed by atoms with Gasteiger partial charge in [-0.05, 0) is 43.2 Å². The number of anilines is 2. The lowest BCUT2D eigenvalue weighted by atomic mass is 10.1. The monoisotopic (exact) mass is 395 g/mol. The van der Waals surface area contributed by atoms with Crippen LogP contribution in [0.15, 0.2) is 47.6 Å². The number of rotatable bonds is 6. The van der Waals surface area contributed by atoms with Crippen molar-refractivity contribution in [2.45, 2.75) is 19.0 Å². The molecule has 6 nitrogen and oxygen atoms in total. The molecule has 3 rings (SSSR count). The minimum absolute atomic E-state index is 0.0575. The molecule has 0 bridgehead atoms. The van der Waals surface area contributed by atoms with Crippen LogP contribution in [0.2, 0.25) is 0 Å². The molecule has 0 aliphatic carbocycles. The highest BCUT2D eigenvalue weighted by Crippen LogP contribution is 2.26. The van der Waals surface area contributed by atoms with Crippen LogP contribution < -0.4 is 10.2 Å². The van der Waals surface area contributed by atoms with Crippen LogP contribution in [0.3, 0.4) is 0 Å². The summed E-state index contributed by atoms with van der Waals surface area (Å²) >= 11 is 1.38. The van der Waals surface area contributed by atoms with Crippen molar-refractivity contribution in [3.8, 4) is 11.4 Å². The first-order valence-electron chi connectivity index (χ1n) is 9.03. The highest BCUT2D eigenvalue weighted by Gasteiger charge is 2.14. The Kier molecular flexibility index (Phi) is 6.04. The minimum Gasteiger partial charge on any atom is -0.378 e. The maximum atomic E-state index is 12.4. The molecule has 0 fully saturated rings. The molecule has 1 amide bonds. The molecule has 0 radical (unpaired) electrons. The second kappa shape index (κ2) is 8.48. The van der Waals surface area contributed by atoms with Crippen LogP contribution in [0.25, 0.3) is 11.4 Å². The molecule has 146 valence electrons. The summed E-state index contributed by atoms with van der Waals surface area (Å²) in [6, 6.07) is 14.0. The molecule has 0 unspecified atom stereocenters. The number of amides is 1. The lowest BCUT2D eigenvalue weighted by Crippen LogP contribution is -2.15. The zero-order chi connectivity index (χ0) is 20.3. The largest absolute Gasteiger partial charge is 0.378 e. The van der Waals surface area contributed by atoms with Gasteiger partial charge < -0.3 is 14.8 Å². The van der Waals surface area contributed by atoms with Crippen molar-refractivity contribution >= 4 is 29.0 Å². The third kappa shape index (κ3) is 4.36. The van der Waals surface area contributed by atoms with Gasteiger partial charge in [0.15, 0.2) is 11.0 Å². The number of aryl methyl sites for hydroxylation is 1. The van der Waals surface area contributed by atoms with Gasteiger partial charge in [-0.3, -0.25) is 4.79 Å². The Hall–Kier alpha value is -2.80. The van der Waals surface area contributed by atoms with Crippen LogP contribution in [0.4, 0.5) is 11.4 Å². The van der Waals surface area contributed by atoms with E-state index in [2.05, 4.69) is 21.6 Å². The molecule has 1 heterocycles. The fourth-order valence-electron chi connectivity index (χ4n) is 2.82. The summed E-state index contributed by atoms with van der Waals surface area (Å²) in [5.74, 6) is 0.996. The Morgan fingerprint density at radius 3 is 2.64 bits per heavy atom. The van der Waals surface area contributed by atoms with Crippen LogP contribution in [-0.4, -0.2) is 40.5 Å². The Morgan fingerprint density at radius 2 is 1.89 bits per heavy atom. The van der Waals surface area contributed by atoms with E-state index < -0.39 is 0 Å². The molecule has 3 aromatic rings. The fraction of sp³-hybridized carbons (Fsp3) is 0.286. The molecule has 1 N–H and O–H groups in total. The highest BCUT2D eigenvalue weighted by molar-refractivity contribution is 7.99. The quantitative estimate of drug-likeness (QED) is 0.642. The molecule has 0 atom stereocenters. The van der Waals surface area contributed by atoms with Crippen LogP contribution in [0, 0.1) is 13.8 Å². The normalized spacial score (nSPS) is 10.8. The number of carbonyl (C=O) groups is 1. The van der Waals surface area contributed by atoms with E-state index in [-0.39, 0.29) is 11.7 Å². The Labute approximate surface area is 170 Å². The number of thioether (sulfide) groups is 1. The van der Waals surface area contributed by atoms with E-state index >= 15 is 0 Å². The van der Waals surface area contributed by atoms with Crippen LogP contribution in [0.1, 0.15) is 11.1 Å². The highest BCUT2D eigenvalue weighted by atomic mass is 32.2. The number of aromatic nitrogens is 3. The molecular weight excluding hydrogens is 370 g/mol. The summed E-state index contributed by atoms with van der Waals surface area (Å²) in [7, 11) is 5.93. The Bertz CT molecular complexity index is 996. The summed E-state index contributed by atoms with van der Waals surface area (Å²) in [6.07, 6.45) is 0. The zero-order valence-electron chi connectivity index (χ0n) is 16.9. The Balaban J connectivity index is 1.68. The Morgan fingerprint density at radius 1 is 1.14 bits per heavy atom. The predicted octanol–water partition coefficient (Wildman–Crippen LogP) is 3.90. The predicted molar refractivity (Wildman–Crippen MR) is 116 cm³/mol. The number of benzene rings is 2. The second-order valence-electron chi connectivity index (χ2n) is 6.89. The zero-order valence-corrected chi connectivity index (χ0v) is 17.7. The molecule has 0 aliphatic heterocycles. The number of hydrogen-bond donors (Lipinski definition) is 1. The van der Waals surface area contributed by atoms with E-state index in [4.69, 9.17) is 0 Å². The van der Waals surface area contributed by atoms with Gasteiger partial charge in [0.05, 0.1) is 5.75 Å². The summed E-state index contributed by atoms with van der Waals surface area (Å²) in [6.45, 7) is 4.04. The fourth-order valence-corrected chi connectivity index (χ4v) is 3.53. The molecule has 28 heavy (non-hydrogen) atoms. The van der Waals surface area contributed by atoms with E-state index in [0.717, 1.165) is 33.9 Å². The molecular formula is C21H25N5OS. The van der Waals surface area contributed by atoms with Gasteiger partial charge in [0.1, 0.15) is 0 Å². The maximum absolute atomic E-state index is 12.4. The SMILES string of the molecule is Cc1cccc(NC(=O)CSc2nnc(-c3cccc(N(C)C)c3)n2C)c1C. The first-order valence-corrected chi connectivity index (χ1v) is 10.0. The lowest BCUT2D eigenvalue weighted by molar-refractivity contribution is -0.113. The van der Waals surface area contributed by atoms with E-state index in [0.29, 0.717) is 5.16 Å². The summed E-state index contributed by atoms with van der Waals surface area (Å²) in [5, 5.41) is 12.3. The van der Waals surface area contributed by atoms with Crippen molar-refractivity contribution in [1.29, 1.82) is 0 Å². The van der Waals surface area contributed by atoms with Crippen molar-refractivity contribution in [3.63, 3.8) is 0 Å². The van der Waals surface area contributed by atoms with Crippen molar-refractivity contribution in [2.75, 3.05) is 30.1 Å². The first-order chi connectivity index (χ1) is 13.4. The summed E-state index contributed by atoms with van der Waals surface area (Å²) in [4.78, 5) is 14.4. The maximum Gasteiger partial charge on any atom is 0.234 e. The third-order valence-electron chi connectivity index (χ3n) is 4.67. The first kappa shape index (κ1) is 19.9. The van der Waals surface area contributed by atoms with Gasteiger partial charge >= 0.3 is 0 Å².